The summed E-state index contributed by atoms with van der Waals surface area (Å²) in [4.78, 5) is 11.3. The number of ketones is 1. The average Bonchev–Trinajstić information content (AvgIpc) is 2.47. The third kappa shape index (κ3) is 1.57. The second kappa shape index (κ2) is 2.35. The van der Waals surface area contributed by atoms with Crippen LogP contribution in [0.4, 0.5) is 0 Å². The molecule has 0 radical (unpaired) electrons. The van der Waals surface area contributed by atoms with Gasteiger partial charge in [0.05, 0.1) is 0 Å². The summed E-state index contributed by atoms with van der Waals surface area (Å²) in [6.07, 6.45) is 2.69. The summed E-state index contributed by atoms with van der Waals surface area (Å²) in [7, 11) is 0. The van der Waals surface area contributed by atoms with Gasteiger partial charge in [-0.3, -0.25) is 4.79 Å². The highest BCUT2D eigenvalue weighted by molar-refractivity contribution is 5.87. The predicted molar refractivity (Wildman–Crippen MR) is 40.6 cm³/mol. The Hall–Kier alpha value is -0.370. The van der Waals surface area contributed by atoms with Crippen molar-refractivity contribution in [3.8, 4) is 0 Å². The molecule has 1 rings (SSSR count). The van der Waals surface area contributed by atoms with E-state index in [9.17, 15) is 4.79 Å². The molecule has 0 heterocycles. The van der Waals surface area contributed by atoms with Gasteiger partial charge in [-0.05, 0) is 19.8 Å². The van der Waals surface area contributed by atoms with E-state index in [1.807, 2.05) is 13.8 Å². The van der Waals surface area contributed by atoms with Crippen LogP contribution in [0.15, 0.2) is 0 Å². The van der Waals surface area contributed by atoms with E-state index in [0.717, 1.165) is 12.8 Å². The summed E-state index contributed by atoms with van der Waals surface area (Å²) in [5.41, 5.74) is 5.52. The Balaban J connectivity index is 2.35. The van der Waals surface area contributed by atoms with Gasteiger partial charge >= 0.3 is 0 Å². The summed E-state index contributed by atoms with van der Waals surface area (Å²) >= 11 is 0. The molecule has 0 aliphatic heterocycles. The number of hydrogen-bond donors (Lipinski definition) is 1. The van der Waals surface area contributed by atoms with Crippen molar-refractivity contribution in [1.29, 1.82) is 0 Å². The van der Waals surface area contributed by atoms with Crippen molar-refractivity contribution in [3.05, 3.63) is 0 Å². The van der Waals surface area contributed by atoms with E-state index < -0.39 is 0 Å². The van der Waals surface area contributed by atoms with Crippen molar-refractivity contribution < 1.29 is 4.79 Å². The van der Waals surface area contributed by atoms with E-state index in [-0.39, 0.29) is 11.5 Å². The van der Waals surface area contributed by atoms with Gasteiger partial charge in [0.1, 0.15) is 5.78 Å². The van der Waals surface area contributed by atoms with Crippen LogP contribution in [0.3, 0.4) is 0 Å². The maximum absolute atomic E-state index is 11.3. The van der Waals surface area contributed by atoms with Gasteiger partial charge in [-0.1, -0.05) is 6.92 Å². The Bertz CT molecular complexity index is 147. The first-order valence-corrected chi connectivity index (χ1v) is 3.83. The molecule has 1 saturated carbocycles. The van der Waals surface area contributed by atoms with Crippen LogP contribution in [0.2, 0.25) is 0 Å². The van der Waals surface area contributed by atoms with Crippen molar-refractivity contribution in [3.63, 3.8) is 0 Å². The lowest BCUT2D eigenvalue weighted by Gasteiger charge is -2.08. The Kier molecular flexibility index (Phi) is 1.82. The lowest BCUT2D eigenvalue weighted by Crippen LogP contribution is -2.23. The standard InChI is InChI=1S/C8H15NO/c1-6(9)5-7(10)8(2)3-4-8/h6H,3-5,9H2,1-2H3. The maximum Gasteiger partial charge on any atom is 0.140 e. The Morgan fingerprint density at radius 3 is 2.50 bits per heavy atom. The summed E-state index contributed by atoms with van der Waals surface area (Å²) in [6, 6.07) is 0.0323. The Morgan fingerprint density at radius 1 is 1.70 bits per heavy atom. The van der Waals surface area contributed by atoms with Crippen LogP contribution in [0.5, 0.6) is 0 Å². The molecular formula is C8H15NO. The van der Waals surface area contributed by atoms with Gasteiger partial charge in [0.2, 0.25) is 0 Å². The molecule has 0 aromatic heterocycles. The second-order valence-corrected chi connectivity index (χ2v) is 3.67. The molecule has 58 valence electrons. The zero-order valence-electron chi connectivity index (χ0n) is 6.68. The number of hydrogen-bond acceptors (Lipinski definition) is 2. The molecule has 2 heteroatoms. The summed E-state index contributed by atoms with van der Waals surface area (Å²) < 4.78 is 0. The number of carbonyl (C=O) groups excluding carboxylic acids is 1. The van der Waals surface area contributed by atoms with Gasteiger partial charge in [-0.15, -0.1) is 0 Å². The highest BCUT2D eigenvalue weighted by atomic mass is 16.1. The lowest BCUT2D eigenvalue weighted by atomic mass is 9.98. The van der Waals surface area contributed by atoms with Gasteiger partial charge < -0.3 is 5.73 Å². The first-order valence-electron chi connectivity index (χ1n) is 3.83. The van der Waals surface area contributed by atoms with Crippen LogP contribution in [-0.2, 0) is 4.79 Å². The third-order valence-electron chi connectivity index (χ3n) is 2.18. The predicted octanol–water partition coefficient (Wildman–Crippen LogP) is 1.09. The monoisotopic (exact) mass is 141 g/mol. The highest BCUT2D eigenvalue weighted by Gasteiger charge is 2.43. The van der Waals surface area contributed by atoms with Crippen molar-refractivity contribution >= 4 is 5.78 Å². The average molecular weight is 141 g/mol. The fraction of sp³-hybridized carbons (Fsp3) is 0.875. The van der Waals surface area contributed by atoms with Crippen LogP contribution < -0.4 is 5.73 Å². The molecule has 1 unspecified atom stereocenters. The third-order valence-corrected chi connectivity index (χ3v) is 2.18. The van der Waals surface area contributed by atoms with Crippen LogP contribution in [0, 0.1) is 5.41 Å². The minimum atomic E-state index is 0.0215. The molecule has 1 aliphatic carbocycles. The molecule has 0 bridgehead atoms. The molecule has 10 heavy (non-hydrogen) atoms. The van der Waals surface area contributed by atoms with Crippen LogP contribution in [-0.4, -0.2) is 11.8 Å². The molecule has 0 aromatic rings. The van der Waals surface area contributed by atoms with E-state index in [0.29, 0.717) is 12.2 Å². The molecular weight excluding hydrogens is 126 g/mol. The van der Waals surface area contributed by atoms with Crippen molar-refractivity contribution in [2.75, 3.05) is 0 Å². The van der Waals surface area contributed by atoms with Crippen LogP contribution in [0.25, 0.3) is 0 Å². The molecule has 2 N–H and O–H groups in total. The van der Waals surface area contributed by atoms with Crippen molar-refractivity contribution in [1.82, 2.24) is 0 Å². The zero-order chi connectivity index (χ0) is 7.78. The maximum atomic E-state index is 11.3. The molecule has 1 fully saturated rings. The van der Waals surface area contributed by atoms with E-state index in [4.69, 9.17) is 5.73 Å². The lowest BCUT2D eigenvalue weighted by molar-refractivity contribution is -0.123. The topological polar surface area (TPSA) is 43.1 Å². The minimum Gasteiger partial charge on any atom is -0.328 e. The first kappa shape index (κ1) is 7.73. The van der Waals surface area contributed by atoms with E-state index in [1.165, 1.54) is 0 Å². The molecule has 0 aromatic carbocycles. The van der Waals surface area contributed by atoms with Gasteiger partial charge in [-0.25, -0.2) is 0 Å². The fourth-order valence-corrected chi connectivity index (χ4v) is 1.01. The molecule has 2 nitrogen and oxygen atoms in total. The fourth-order valence-electron chi connectivity index (χ4n) is 1.01. The number of Topliss-reactive ketones (excluding diaryl/α,β-unsaturated/α-hetero) is 1. The quantitative estimate of drug-likeness (QED) is 0.639. The molecule has 1 aliphatic rings. The Morgan fingerprint density at radius 2 is 2.20 bits per heavy atom. The van der Waals surface area contributed by atoms with E-state index in [1.54, 1.807) is 0 Å². The van der Waals surface area contributed by atoms with Crippen LogP contribution in [0.1, 0.15) is 33.1 Å². The highest BCUT2D eigenvalue weighted by Crippen LogP contribution is 2.46. The summed E-state index contributed by atoms with van der Waals surface area (Å²) in [6.45, 7) is 3.90. The molecule has 1 atom stereocenters. The largest absolute Gasteiger partial charge is 0.328 e. The molecule has 0 spiro atoms. The van der Waals surface area contributed by atoms with Crippen LogP contribution >= 0.6 is 0 Å². The van der Waals surface area contributed by atoms with Crippen molar-refractivity contribution in [2.24, 2.45) is 11.1 Å². The minimum absolute atomic E-state index is 0.0215. The summed E-state index contributed by atoms with van der Waals surface area (Å²) in [5.74, 6) is 0.350. The van der Waals surface area contributed by atoms with E-state index >= 15 is 0 Å². The van der Waals surface area contributed by atoms with Gasteiger partial charge in [0.25, 0.3) is 0 Å². The number of carbonyl (C=O) groups is 1. The Labute approximate surface area is 61.8 Å². The SMILES string of the molecule is CC(N)CC(=O)C1(C)CC1. The number of nitrogens with two attached hydrogens (primary N) is 1. The van der Waals surface area contributed by atoms with Crippen molar-refractivity contribution in [2.45, 2.75) is 39.2 Å². The molecule has 0 amide bonds. The smallest absolute Gasteiger partial charge is 0.140 e. The number of rotatable bonds is 3. The van der Waals surface area contributed by atoms with Gasteiger partial charge in [0, 0.05) is 17.9 Å². The first-order chi connectivity index (χ1) is 4.54. The van der Waals surface area contributed by atoms with Gasteiger partial charge in [0.15, 0.2) is 0 Å². The normalized spacial score (nSPS) is 23.9. The second-order valence-electron chi connectivity index (χ2n) is 3.67. The molecule has 0 saturated heterocycles. The van der Waals surface area contributed by atoms with Gasteiger partial charge in [-0.2, -0.15) is 0 Å². The zero-order valence-corrected chi connectivity index (χ0v) is 6.68. The summed E-state index contributed by atoms with van der Waals surface area (Å²) in [5, 5.41) is 0. The van der Waals surface area contributed by atoms with E-state index in [2.05, 4.69) is 0 Å².